The second-order valence-electron chi connectivity index (χ2n) is 3.38. The Morgan fingerprint density at radius 1 is 1.24 bits per heavy atom. The summed E-state index contributed by atoms with van der Waals surface area (Å²) in [4.78, 5) is 0. The van der Waals surface area contributed by atoms with Gasteiger partial charge in [-0.25, -0.2) is 0 Å². The number of aliphatic hydroxyl groups is 2. The Labute approximate surface area is 96.3 Å². The highest BCUT2D eigenvalue weighted by Crippen LogP contribution is 2.20. The maximum atomic E-state index is 9.59. The Morgan fingerprint density at radius 2 is 1.94 bits per heavy atom. The standard InChI is InChI=1S/C10H9N5O2/c11-5-8(16)9(17)6-1-3-7(4-2-6)10-12-14-15-13-10/h1-4,8-9,16-17H,(H,12,13,14,15). The van der Waals surface area contributed by atoms with Crippen molar-refractivity contribution in [2.75, 3.05) is 0 Å². The second kappa shape index (κ2) is 4.69. The molecule has 1 heterocycles. The van der Waals surface area contributed by atoms with Crippen LogP contribution in [0.5, 0.6) is 0 Å². The molecule has 7 nitrogen and oxygen atoms in total. The van der Waals surface area contributed by atoms with E-state index in [1.54, 1.807) is 30.3 Å². The molecule has 86 valence electrons. The minimum Gasteiger partial charge on any atom is -0.385 e. The molecule has 1 aromatic carbocycles. The minimum absolute atomic E-state index is 0.437. The fourth-order valence-electron chi connectivity index (χ4n) is 1.37. The molecule has 0 aliphatic rings. The van der Waals surface area contributed by atoms with Gasteiger partial charge in [-0.15, -0.1) is 10.2 Å². The lowest BCUT2D eigenvalue weighted by molar-refractivity contribution is 0.0528. The normalized spacial score (nSPS) is 13.9. The van der Waals surface area contributed by atoms with Crippen LogP contribution in [0.3, 0.4) is 0 Å². The molecule has 1 aromatic heterocycles. The van der Waals surface area contributed by atoms with E-state index < -0.39 is 12.2 Å². The number of hydrogen-bond donors (Lipinski definition) is 3. The Balaban J connectivity index is 2.22. The number of aromatic amines is 1. The first-order chi connectivity index (χ1) is 8.22. The lowest BCUT2D eigenvalue weighted by atomic mass is 10.0. The maximum Gasteiger partial charge on any atom is 0.204 e. The van der Waals surface area contributed by atoms with Crippen LogP contribution in [0, 0.1) is 11.3 Å². The van der Waals surface area contributed by atoms with Crippen LogP contribution in [0.2, 0.25) is 0 Å². The van der Waals surface area contributed by atoms with Crippen molar-refractivity contribution in [3.63, 3.8) is 0 Å². The lowest BCUT2D eigenvalue weighted by Gasteiger charge is -2.11. The van der Waals surface area contributed by atoms with E-state index in [0.29, 0.717) is 11.4 Å². The molecule has 2 rings (SSSR count). The van der Waals surface area contributed by atoms with Crippen molar-refractivity contribution in [3.8, 4) is 17.5 Å². The number of H-pyrrole nitrogens is 1. The molecule has 0 radical (unpaired) electrons. The van der Waals surface area contributed by atoms with Crippen LogP contribution < -0.4 is 0 Å². The summed E-state index contributed by atoms with van der Waals surface area (Å²) in [5, 5.41) is 40.6. The van der Waals surface area contributed by atoms with E-state index in [4.69, 9.17) is 5.26 Å². The third-order valence-corrected chi connectivity index (χ3v) is 2.29. The largest absolute Gasteiger partial charge is 0.385 e. The summed E-state index contributed by atoms with van der Waals surface area (Å²) in [6, 6.07) is 8.11. The number of benzene rings is 1. The molecule has 0 saturated carbocycles. The predicted molar refractivity (Wildman–Crippen MR) is 56.2 cm³/mol. The molecule has 2 unspecified atom stereocenters. The smallest absolute Gasteiger partial charge is 0.204 e. The van der Waals surface area contributed by atoms with Crippen molar-refractivity contribution in [2.45, 2.75) is 12.2 Å². The number of nitriles is 1. The van der Waals surface area contributed by atoms with Crippen LogP contribution in [0.15, 0.2) is 24.3 Å². The monoisotopic (exact) mass is 231 g/mol. The molecule has 0 spiro atoms. The van der Waals surface area contributed by atoms with Crippen molar-refractivity contribution in [1.29, 1.82) is 5.26 Å². The van der Waals surface area contributed by atoms with Gasteiger partial charge in [0.25, 0.3) is 0 Å². The van der Waals surface area contributed by atoms with Crippen LogP contribution in [0.25, 0.3) is 11.4 Å². The molecule has 0 aliphatic heterocycles. The third kappa shape index (κ3) is 2.28. The van der Waals surface area contributed by atoms with Gasteiger partial charge in [0.15, 0.2) is 6.10 Å². The van der Waals surface area contributed by atoms with Gasteiger partial charge in [0.2, 0.25) is 5.82 Å². The van der Waals surface area contributed by atoms with Gasteiger partial charge in [-0.05, 0) is 10.8 Å². The molecule has 0 bridgehead atoms. The number of tetrazole rings is 1. The van der Waals surface area contributed by atoms with Crippen molar-refractivity contribution in [3.05, 3.63) is 29.8 Å². The molecular formula is C10H9N5O2. The van der Waals surface area contributed by atoms with Crippen molar-refractivity contribution in [1.82, 2.24) is 20.6 Å². The van der Waals surface area contributed by atoms with E-state index in [2.05, 4.69) is 20.6 Å². The Hall–Kier alpha value is -2.30. The highest BCUT2D eigenvalue weighted by molar-refractivity contribution is 5.54. The Bertz CT molecular complexity index is 517. The summed E-state index contributed by atoms with van der Waals surface area (Å²) in [7, 11) is 0. The number of aliphatic hydroxyl groups excluding tert-OH is 2. The second-order valence-corrected chi connectivity index (χ2v) is 3.38. The number of nitrogens with zero attached hydrogens (tertiary/aromatic N) is 4. The van der Waals surface area contributed by atoms with Gasteiger partial charge in [0.05, 0.1) is 6.07 Å². The SMILES string of the molecule is N#CC(O)C(O)c1ccc(-c2nn[nH]n2)cc1. The van der Waals surface area contributed by atoms with E-state index in [-0.39, 0.29) is 0 Å². The van der Waals surface area contributed by atoms with Crippen LogP contribution >= 0.6 is 0 Å². The predicted octanol–water partition coefficient (Wildman–Crippen LogP) is -0.215. The van der Waals surface area contributed by atoms with Crippen molar-refractivity contribution < 1.29 is 10.2 Å². The van der Waals surface area contributed by atoms with Crippen LogP contribution in [0.1, 0.15) is 11.7 Å². The highest BCUT2D eigenvalue weighted by atomic mass is 16.3. The number of hydrogen-bond acceptors (Lipinski definition) is 6. The van der Waals surface area contributed by atoms with Crippen LogP contribution in [-0.2, 0) is 0 Å². The summed E-state index contributed by atoms with van der Waals surface area (Å²) in [5.41, 5.74) is 1.17. The molecule has 7 heteroatoms. The van der Waals surface area contributed by atoms with Crippen LogP contribution in [-0.4, -0.2) is 36.9 Å². The zero-order valence-corrected chi connectivity index (χ0v) is 8.65. The molecule has 2 atom stereocenters. The van der Waals surface area contributed by atoms with Gasteiger partial charge >= 0.3 is 0 Å². The van der Waals surface area contributed by atoms with Crippen LogP contribution in [0.4, 0.5) is 0 Å². The first-order valence-corrected chi connectivity index (χ1v) is 4.82. The average molecular weight is 231 g/mol. The summed E-state index contributed by atoms with van der Waals surface area (Å²) in [6.45, 7) is 0. The molecule has 3 N–H and O–H groups in total. The molecule has 0 saturated heterocycles. The number of nitrogens with one attached hydrogen (secondary N) is 1. The van der Waals surface area contributed by atoms with E-state index in [9.17, 15) is 10.2 Å². The molecule has 0 aliphatic carbocycles. The summed E-state index contributed by atoms with van der Waals surface area (Å²) in [6.07, 6.45) is -2.66. The molecular weight excluding hydrogens is 222 g/mol. The van der Waals surface area contributed by atoms with Gasteiger partial charge in [-0.1, -0.05) is 24.3 Å². The van der Waals surface area contributed by atoms with Gasteiger partial charge in [0.1, 0.15) is 6.10 Å². The van der Waals surface area contributed by atoms with Gasteiger partial charge in [0, 0.05) is 5.56 Å². The molecule has 2 aromatic rings. The molecule has 17 heavy (non-hydrogen) atoms. The summed E-state index contributed by atoms with van der Waals surface area (Å²) >= 11 is 0. The minimum atomic E-state index is -1.44. The zero-order chi connectivity index (χ0) is 12.3. The van der Waals surface area contributed by atoms with Crippen molar-refractivity contribution in [2.24, 2.45) is 0 Å². The zero-order valence-electron chi connectivity index (χ0n) is 8.65. The first kappa shape index (κ1) is 11.2. The molecule has 0 fully saturated rings. The number of rotatable bonds is 3. The first-order valence-electron chi connectivity index (χ1n) is 4.82. The Morgan fingerprint density at radius 3 is 2.47 bits per heavy atom. The Kier molecular flexibility index (Phi) is 3.09. The highest BCUT2D eigenvalue weighted by Gasteiger charge is 2.17. The van der Waals surface area contributed by atoms with E-state index in [1.165, 1.54) is 0 Å². The van der Waals surface area contributed by atoms with E-state index >= 15 is 0 Å². The topological polar surface area (TPSA) is 119 Å². The van der Waals surface area contributed by atoms with E-state index in [0.717, 1.165) is 5.56 Å². The quantitative estimate of drug-likeness (QED) is 0.628. The summed E-state index contributed by atoms with van der Waals surface area (Å²) < 4.78 is 0. The fourth-order valence-corrected chi connectivity index (χ4v) is 1.37. The van der Waals surface area contributed by atoms with Gasteiger partial charge in [-0.2, -0.15) is 10.5 Å². The van der Waals surface area contributed by atoms with Gasteiger partial charge < -0.3 is 10.2 Å². The summed E-state index contributed by atoms with van der Waals surface area (Å²) in [5.74, 6) is 0.437. The average Bonchev–Trinajstić information content (AvgIpc) is 2.91. The lowest BCUT2D eigenvalue weighted by Crippen LogP contribution is -2.15. The van der Waals surface area contributed by atoms with Crippen molar-refractivity contribution >= 4 is 0 Å². The van der Waals surface area contributed by atoms with E-state index in [1.807, 2.05) is 0 Å². The maximum absolute atomic E-state index is 9.59. The molecule has 0 amide bonds. The third-order valence-electron chi connectivity index (χ3n) is 2.29. The fraction of sp³-hybridized carbons (Fsp3) is 0.200. The van der Waals surface area contributed by atoms with Gasteiger partial charge in [-0.3, -0.25) is 0 Å². The number of aromatic nitrogens is 4.